The highest BCUT2D eigenvalue weighted by atomic mass is 16.1. The maximum absolute atomic E-state index is 14.5. The van der Waals surface area contributed by atoms with Gasteiger partial charge in [0.25, 0.3) is 0 Å². The van der Waals surface area contributed by atoms with Crippen molar-refractivity contribution in [3.05, 3.63) is 94.0 Å². The Labute approximate surface area is 396 Å². The van der Waals surface area contributed by atoms with E-state index in [-0.39, 0.29) is 22.7 Å². The molecule has 0 amide bonds. The number of carbonyl (C=O) groups is 2. The lowest BCUT2D eigenvalue weighted by Crippen LogP contribution is -2.48. The van der Waals surface area contributed by atoms with Crippen molar-refractivity contribution in [3.8, 4) is 0 Å². The summed E-state index contributed by atoms with van der Waals surface area (Å²) in [6.45, 7) is 0. The van der Waals surface area contributed by atoms with Gasteiger partial charge in [0.2, 0.25) is 0 Å². The van der Waals surface area contributed by atoms with Gasteiger partial charge >= 0.3 is 0 Å². The maximum Gasteiger partial charge on any atom is 0.166 e. The Morgan fingerprint density at radius 2 is 0.647 bits per heavy atom. The minimum absolute atomic E-state index is 0.171. The van der Waals surface area contributed by atoms with Gasteiger partial charge in [0.1, 0.15) is 0 Å². The van der Waals surface area contributed by atoms with Gasteiger partial charge in [0.05, 0.1) is 33.1 Å². The predicted octanol–water partition coefficient (Wildman–Crippen LogP) is 15.9. The van der Waals surface area contributed by atoms with Crippen molar-refractivity contribution in [1.29, 1.82) is 0 Å². The first-order valence-electron chi connectivity index (χ1n) is 27.9. The van der Waals surface area contributed by atoms with Crippen LogP contribution in [-0.4, -0.2) is 20.4 Å². The summed E-state index contributed by atoms with van der Waals surface area (Å²) < 4.78 is 5.25. The van der Waals surface area contributed by atoms with Crippen LogP contribution in [-0.2, 0) is 10.8 Å². The number of rotatable bonds is 2. The van der Waals surface area contributed by atoms with Gasteiger partial charge in [-0.3, -0.25) is 9.59 Å². The van der Waals surface area contributed by atoms with E-state index in [4.69, 9.17) is 0 Å². The smallest absolute Gasteiger partial charge is 0.166 e. The van der Waals surface area contributed by atoms with Crippen molar-refractivity contribution in [2.75, 3.05) is 0 Å². The number of nitrogens with zero attached hydrogens (tertiary/aromatic N) is 2. The van der Waals surface area contributed by atoms with Gasteiger partial charge in [-0.05, 0) is 270 Å². The van der Waals surface area contributed by atoms with E-state index in [0.29, 0.717) is 23.4 Å². The van der Waals surface area contributed by atoms with Crippen molar-refractivity contribution >= 4 is 87.8 Å². The maximum atomic E-state index is 14.5. The summed E-state index contributed by atoms with van der Waals surface area (Å²) >= 11 is 0. The van der Waals surface area contributed by atoms with Crippen molar-refractivity contribution in [3.63, 3.8) is 0 Å². The molecule has 4 heteroatoms. The second-order valence-corrected chi connectivity index (χ2v) is 26.5. The fourth-order valence-electron chi connectivity index (χ4n) is 21.1. The quantitative estimate of drug-likeness (QED) is 0.174. The van der Waals surface area contributed by atoms with Crippen LogP contribution >= 0.6 is 0 Å². The lowest BCUT2D eigenvalue weighted by molar-refractivity contribution is -0.00519. The molecule has 4 heterocycles. The van der Waals surface area contributed by atoms with Crippen LogP contribution in [0.15, 0.2) is 60.7 Å². The van der Waals surface area contributed by atoms with Crippen molar-refractivity contribution < 1.29 is 9.59 Å². The highest BCUT2D eigenvalue weighted by molar-refractivity contribution is 6.30. The van der Waals surface area contributed by atoms with Crippen LogP contribution in [0.3, 0.4) is 0 Å². The molecule has 5 aromatic carbocycles. The van der Waals surface area contributed by atoms with Gasteiger partial charge in [-0.2, -0.15) is 0 Å². The molecular weight excluding hydrogens is 829 g/mol. The minimum Gasteiger partial charge on any atom is -0.308 e. The molecule has 0 spiro atoms. The third-order valence-electron chi connectivity index (χ3n) is 23.1. The summed E-state index contributed by atoms with van der Waals surface area (Å²) in [6.07, 6.45) is 25.6. The summed E-state index contributed by atoms with van der Waals surface area (Å²) in [5, 5.41) is 11.2. The van der Waals surface area contributed by atoms with E-state index >= 15 is 0 Å². The van der Waals surface area contributed by atoms with E-state index < -0.39 is 0 Å². The minimum atomic E-state index is 0.171. The summed E-state index contributed by atoms with van der Waals surface area (Å²) in [5.41, 5.74) is 16.2. The van der Waals surface area contributed by atoms with Crippen LogP contribution in [0.5, 0.6) is 0 Å². The largest absolute Gasteiger partial charge is 0.308 e. The topological polar surface area (TPSA) is 43.0 Å². The molecule has 14 aliphatic rings. The molecule has 0 saturated heterocycles. The molecule has 10 saturated carbocycles. The Morgan fingerprint density at radius 3 is 1.00 bits per heavy atom. The zero-order chi connectivity index (χ0) is 43.8. The SMILES string of the molecule is O=C1c2cc3c(cc2C2CCC1CC2)c1cc(C24CC5CC(CC(C5)C2)C4)cc2c4cc5c6cc(C78CC9CC(CC(C9)C7)C8)cc7c8cc9c(cc8n(c5cc4n3c12)c76)C(=O)C1CCC9CC1. The Hall–Kier alpha value is -4.96. The molecule has 0 aliphatic heterocycles. The molecule has 0 atom stereocenters. The second-order valence-electron chi connectivity index (χ2n) is 26.5. The summed E-state index contributed by atoms with van der Waals surface area (Å²) in [7, 11) is 0. The third kappa shape index (κ3) is 4.34. The highest BCUT2D eigenvalue weighted by Crippen LogP contribution is 2.64. The zero-order valence-electron chi connectivity index (χ0n) is 39.4. The van der Waals surface area contributed by atoms with Crippen molar-refractivity contribution in [1.82, 2.24) is 8.80 Å². The molecule has 4 aromatic heterocycles. The fraction of sp³-hybridized carbons (Fsp3) is 0.500. The fourth-order valence-corrected chi connectivity index (χ4v) is 21.1. The van der Waals surface area contributed by atoms with Gasteiger partial charge < -0.3 is 8.80 Å². The van der Waals surface area contributed by atoms with Crippen LogP contribution in [0.4, 0.5) is 0 Å². The monoisotopic (exact) mass is 888 g/mol. The summed E-state index contributed by atoms with van der Waals surface area (Å²) in [5.74, 6) is 7.41. The number of benzene rings is 5. The summed E-state index contributed by atoms with van der Waals surface area (Å²) in [4.78, 5) is 29.0. The first kappa shape index (κ1) is 36.9. The Balaban J connectivity index is 0.950. The average Bonchev–Trinajstić information content (AvgIpc) is 3.96. The number of hydrogen-bond donors (Lipinski definition) is 0. The van der Waals surface area contributed by atoms with Crippen LogP contribution in [0.1, 0.15) is 183 Å². The Kier molecular flexibility index (Phi) is 6.50. The standard InChI is InChI=1S/C64H60N2O2/c67-61-39-5-1-37(2-6-39)43-19-45-49-15-41(63-25-31-9-32(26-63)11-33(10-31)27-63)17-51-47-21-48-52-18-42(64-28-34-12-35(29-64)14-36(13-34)30-64)16-50-46-20-44-38-3-7-40(8-4-38)62(68)54(44)23-56(46)66(60(50)52)58(48)24-57(47)65(59(49)51)55(45)22-53(43)61/h15-24,31-40H,1-14,25-30H2. The van der Waals surface area contributed by atoms with E-state index in [9.17, 15) is 9.59 Å². The van der Waals surface area contributed by atoms with Crippen molar-refractivity contribution in [2.24, 2.45) is 47.3 Å². The number of Topliss-reactive ketones (excluding diaryl/α,β-unsaturated/α-hetero) is 2. The third-order valence-corrected chi connectivity index (χ3v) is 23.1. The average molecular weight is 889 g/mol. The summed E-state index contributed by atoms with van der Waals surface area (Å²) in [6, 6.07) is 25.9. The molecule has 14 aliphatic carbocycles. The Morgan fingerprint density at radius 1 is 0.338 bits per heavy atom. The van der Waals surface area contributed by atoms with E-state index in [2.05, 4.69) is 69.5 Å². The lowest BCUT2D eigenvalue weighted by Gasteiger charge is -2.57. The van der Waals surface area contributed by atoms with Gasteiger partial charge in [-0.15, -0.1) is 0 Å². The number of hydrogen-bond acceptors (Lipinski definition) is 2. The van der Waals surface area contributed by atoms with Gasteiger partial charge in [-0.1, -0.05) is 0 Å². The number of fused-ring (bicyclic) bond motifs is 16. The lowest BCUT2D eigenvalue weighted by atomic mass is 9.48. The predicted molar refractivity (Wildman–Crippen MR) is 274 cm³/mol. The van der Waals surface area contributed by atoms with E-state index in [1.165, 1.54) is 164 Å². The Bertz CT molecular complexity index is 3520. The van der Waals surface area contributed by atoms with Gasteiger partial charge in [0.15, 0.2) is 11.6 Å². The van der Waals surface area contributed by atoms with E-state index in [0.717, 1.165) is 98.0 Å². The number of ketones is 2. The molecule has 23 rings (SSSR count). The normalized spacial score (nSPS) is 36.7. The van der Waals surface area contributed by atoms with Crippen LogP contribution in [0.2, 0.25) is 0 Å². The van der Waals surface area contributed by atoms with Gasteiger partial charge in [-0.25, -0.2) is 0 Å². The first-order chi connectivity index (χ1) is 33.3. The number of aromatic nitrogens is 2. The molecule has 10 fully saturated rings. The molecule has 9 aromatic rings. The molecule has 338 valence electrons. The van der Waals surface area contributed by atoms with E-state index in [1.807, 2.05) is 0 Å². The molecule has 0 unspecified atom stereocenters. The molecular formula is C64H60N2O2. The highest BCUT2D eigenvalue weighted by Gasteiger charge is 2.53. The molecule has 0 radical (unpaired) electrons. The molecule has 4 nitrogen and oxygen atoms in total. The van der Waals surface area contributed by atoms with Crippen LogP contribution in [0.25, 0.3) is 76.2 Å². The molecule has 12 bridgehead atoms. The first-order valence-corrected chi connectivity index (χ1v) is 27.9. The van der Waals surface area contributed by atoms with E-state index in [1.54, 1.807) is 11.1 Å². The second kappa shape index (κ2) is 12.0. The molecule has 68 heavy (non-hydrogen) atoms. The van der Waals surface area contributed by atoms with Crippen LogP contribution < -0.4 is 0 Å². The number of carbonyl (C=O) groups excluding carboxylic acids is 2. The zero-order valence-corrected chi connectivity index (χ0v) is 39.4. The van der Waals surface area contributed by atoms with Gasteiger partial charge in [0, 0.05) is 66.1 Å². The molecule has 0 N–H and O–H groups in total. The van der Waals surface area contributed by atoms with Crippen LogP contribution in [0, 0.1) is 47.3 Å². The van der Waals surface area contributed by atoms with Crippen molar-refractivity contribution in [2.45, 2.75) is 151 Å².